The molecular formula is C9H24Si. The van der Waals surface area contributed by atoms with Gasteiger partial charge in [0.1, 0.15) is 0 Å². The molecule has 0 rings (SSSR count). The summed E-state index contributed by atoms with van der Waals surface area (Å²) < 4.78 is 0. The van der Waals surface area contributed by atoms with Gasteiger partial charge in [-0.3, -0.25) is 0 Å². The minimum atomic E-state index is 0. The van der Waals surface area contributed by atoms with Crippen molar-refractivity contribution in [3.8, 4) is 0 Å². The maximum atomic E-state index is 2.26. The zero-order chi connectivity index (χ0) is 6.95. The maximum Gasteiger partial charge on any atom is -0.0149 e. The van der Waals surface area contributed by atoms with Gasteiger partial charge in [-0.1, -0.05) is 58.8 Å². The third-order valence-corrected chi connectivity index (χ3v) is 1.71. The lowest BCUT2D eigenvalue weighted by Gasteiger charge is -1.96. The lowest BCUT2D eigenvalue weighted by Crippen LogP contribution is -1.76. The molecule has 0 nitrogen and oxygen atoms in total. The molecule has 0 fully saturated rings. The van der Waals surface area contributed by atoms with Gasteiger partial charge >= 0.3 is 0 Å². The molecule has 0 aromatic heterocycles. The largest absolute Gasteiger partial charge is 0.0654 e. The van der Waals surface area contributed by atoms with Crippen LogP contribution in [-0.2, 0) is 0 Å². The van der Waals surface area contributed by atoms with E-state index in [0.29, 0.717) is 0 Å². The van der Waals surface area contributed by atoms with Crippen LogP contribution >= 0.6 is 0 Å². The number of hydrogen-bond donors (Lipinski definition) is 0. The van der Waals surface area contributed by atoms with Crippen molar-refractivity contribution in [1.82, 2.24) is 0 Å². The van der Waals surface area contributed by atoms with Crippen LogP contribution in [0.25, 0.3) is 0 Å². The van der Waals surface area contributed by atoms with Gasteiger partial charge < -0.3 is 0 Å². The van der Waals surface area contributed by atoms with Crippen LogP contribution in [0.4, 0.5) is 0 Å². The highest BCUT2D eigenvalue weighted by Gasteiger charge is 1.85. The molecule has 0 amide bonds. The van der Waals surface area contributed by atoms with Gasteiger partial charge in [-0.05, 0) is 11.0 Å². The summed E-state index contributed by atoms with van der Waals surface area (Å²) >= 11 is 0. The first kappa shape index (κ1) is 12.9. The van der Waals surface area contributed by atoms with Crippen molar-refractivity contribution >= 4 is 11.0 Å². The predicted molar refractivity (Wildman–Crippen MR) is 55.0 cm³/mol. The molecule has 10 heavy (non-hydrogen) atoms. The second-order valence-electron chi connectivity index (χ2n) is 2.77. The summed E-state index contributed by atoms with van der Waals surface area (Å²) in [4.78, 5) is 0. The van der Waals surface area contributed by atoms with Crippen LogP contribution in [0, 0.1) is 0 Å². The third kappa shape index (κ3) is 11.1. The van der Waals surface area contributed by atoms with Crippen LogP contribution in [0.1, 0.15) is 58.8 Å². The SMILES string of the molecule is CCCCCCCCC.[SiH4]. The van der Waals surface area contributed by atoms with Gasteiger partial charge in [0.2, 0.25) is 0 Å². The minimum absolute atomic E-state index is 0. The van der Waals surface area contributed by atoms with Crippen LogP contribution in [0.5, 0.6) is 0 Å². The molecule has 0 aromatic rings. The number of unbranched alkanes of at least 4 members (excludes halogenated alkanes) is 6. The molecular weight excluding hydrogens is 136 g/mol. The molecule has 0 atom stereocenters. The molecule has 0 saturated carbocycles. The molecule has 1 heteroatoms. The van der Waals surface area contributed by atoms with Crippen molar-refractivity contribution in [3.63, 3.8) is 0 Å². The minimum Gasteiger partial charge on any atom is -0.0654 e. The molecule has 0 aromatic carbocycles. The molecule has 0 radical (unpaired) electrons. The standard InChI is InChI=1S/C9H20.H4Si/c1-3-5-7-9-8-6-4-2;/h3-9H2,1-2H3;1H4. The van der Waals surface area contributed by atoms with E-state index >= 15 is 0 Å². The van der Waals surface area contributed by atoms with Crippen molar-refractivity contribution in [2.75, 3.05) is 0 Å². The molecule has 0 unspecified atom stereocenters. The summed E-state index contributed by atoms with van der Waals surface area (Å²) in [6.07, 6.45) is 9.97. The van der Waals surface area contributed by atoms with Crippen molar-refractivity contribution in [3.05, 3.63) is 0 Å². The molecule has 0 spiro atoms. The van der Waals surface area contributed by atoms with E-state index in [4.69, 9.17) is 0 Å². The highest BCUT2D eigenvalue weighted by molar-refractivity contribution is 5.75. The Labute approximate surface area is 70.4 Å². The van der Waals surface area contributed by atoms with Gasteiger partial charge in [0.15, 0.2) is 0 Å². The summed E-state index contributed by atoms with van der Waals surface area (Å²) in [6.45, 7) is 4.53. The molecule has 0 aliphatic carbocycles. The summed E-state index contributed by atoms with van der Waals surface area (Å²) in [5.41, 5.74) is 0. The molecule has 0 saturated heterocycles. The maximum absolute atomic E-state index is 2.26. The Morgan fingerprint density at radius 3 is 1.20 bits per heavy atom. The first-order valence-electron chi connectivity index (χ1n) is 4.41. The van der Waals surface area contributed by atoms with Gasteiger partial charge in [0.05, 0.1) is 0 Å². The van der Waals surface area contributed by atoms with Gasteiger partial charge in [-0.2, -0.15) is 0 Å². The zero-order valence-corrected chi connectivity index (χ0v) is 6.95. The molecule has 0 aliphatic rings. The average Bonchev–Trinajstić information content (AvgIpc) is 1.89. The molecule has 0 aliphatic heterocycles. The van der Waals surface area contributed by atoms with Gasteiger partial charge in [0.25, 0.3) is 0 Å². The van der Waals surface area contributed by atoms with Crippen LogP contribution in [-0.4, -0.2) is 11.0 Å². The van der Waals surface area contributed by atoms with Crippen molar-refractivity contribution < 1.29 is 0 Å². The summed E-state index contributed by atoms with van der Waals surface area (Å²) in [5, 5.41) is 0. The number of rotatable bonds is 6. The van der Waals surface area contributed by atoms with Crippen molar-refractivity contribution in [2.24, 2.45) is 0 Å². The monoisotopic (exact) mass is 160 g/mol. The average molecular weight is 160 g/mol. The second-order valence-corrected chi connectivity index (χ2v) is 2.77. The smallest absolute Gasteiger partial charge is 0.0149 e. The topological polar surface area (TPSA) is 0 Å². The van der Waals surface area contributed by atoms with E-state index in [1.54, 1.807) is 0 Å². The van der Waals surface area contributed by atoms with Crippen LogP contribution < -0.4 is 0 Å². The summed E-state index contributed by atoms with van der Waals surface area (Å²) in [5.74, 6) is 0. The Kier molecular flexibility index (Phi) is 15.4. The molecule has 0 bridgehead atoms. The fourth-order valence-corrected chi connectivity index (χ4v) is 1.03. The second kappa shape index (κ2) is 11.9. The highest BCUT2D eigenvalue weighted by Crippen LogP contribution is 2.05. The summed E-state index contributed by atoms with van der Waals surface area (Å²) in [6, 6.07) is 0. The first-order chi connectivity index (χ1) is 4.41. The van der Waals surface area contributed by atoms with E-state index in [9.17, 15) is 0 Å². The Hall–Kier alpha value is 0.217. The normalized spacial score (nSPS) is 9.00. The van der Waals surface area contributed by atoms with Crippen LogP contribution in [0.2, 0.25) is 0 Å². The van der Waals surface area contributed by atoms with Crippen molar-refractivity contribution in [1.29, 1.82) is 0 Å². The van der Waals surface area contributed by atoms with E-state index in [1.807, 2.05) is 0 Å². The molecule has 64 valence electrons. The van der Waals surface area contributed by atoms with Gasteiger partial charge in [0, 0.05) is 0 Å². The fourth-order valence-electron chi connectivity index (χ4n) is 1.03. The first-order valence-corrected chi connectivity index (χ1v) is 4.41. The lowest BCUT2D eigenvalue weighted by molar-refractivity contribution is 0.602. The van der Waals surface area contributed by atoms with Gasteiger partial charge in [-0.25, -0.2) is 0 Å². The Morgan fingerprint density at radius 2 is 0.900 bits per heavy atom. The van der Waals surface area contributed by atoms with E-state index in [1.165, 1.54) is 44.9 Å². The third-order valence-electron chi connectivity index (χ3n) is 1.71. The summed E-state index contributed by atoms with van der Waals surface area (Å²) in [7, 11) is 0. The molecule has 0 heterocycles. The zero-order valence-electron chi connectivity index (χ0n) is 6.95. The molecule has 0 N–H and O–H groups in total. The Balaban J connectivity index is 0. The quantitative estimate of drug-likeness (QED) is 0.413. The van der Waals surface area contributed by atoms with Gasteiger partial charge in [-0.15, -0.1) is 0 Å². The fraction of sp³-hybridized carbons (Fsp3) is 1.00. The number of hydrogen-bond acceptors (Lipinski definition) is 0. The lowest BCUT2D eigenvalue weighted by atomic mass is 10.1. The van der Waals surface area contributed by atoms with Crippen molar-refractivity contribution in [2.45, 2.75) is 58.8 Å². The highest BCUT2D eigenvalue weighted by atomic mass is 28.1. The predicted octanol–water partition coefficient (Wildman–Crippen LogP) is 2.31. The Bertz CT molecular complexity index is 38.0. The van der Waals surface area contributed by atoms with E-state index in [2.05, 4.69) is 13.8 Å². The van der Waals surface area contributed by atoms with E-state index < -0.39 is 0 Å². The Morgan fingerprint density at radius 1 is 0.600 bits per heavy atom. The van der Waals surface area contributed by atoms with Crippen LogP contribution in [0.3, 0.4) is 0 Å². The van der Waals surface area contributed by atoms with E-state index in [-0.39, 0.29) is 11.0 Å². The van der Waals surface area contributed by atoms with Crippen LogP contribution in [0.15, 0.2) is 0 Å². The van der Waals surface area contributed by atoms with E-state index in [0.717, 1.165) is 0 Å².